The van der Waals surface area contributed by atoms with Crippen molar-refractivity contribution in [3.05, 3.63) is 53.6 Å². The molecule has 0 radical (unpaired) electrons. The first kappa shape index (κ1) is 20.4. The fourth-order valence-corrected chi connectivity index (χ4v) is 4.54. The van der Waals surface area contributed by atoms with Gasteiger partial charge in [-0.1, -0.05) is 6.07 Å². The van der Waals surface area contributed by atoms with Crippen LogP contribution < -0.4 is 15.2 Å². The summed E-state index contributed by atoms with van der Waals surface area (Å²) in [6, 6.07) is 7.74. The minimum atomic E-state index is -3.36. The number of amides is 1. The van der Waals surface area contributed by atoms with Crippen LogP contribution in [0.4, 0.5) is 10.1 Å². The molecule has 0 bridgehead atoms. The zero-order valence-corrected chi connectivity index (χ0v) is 16.8. The standard InChI is InChI=1S/C19H22FN5O4S/c20-16-9-13(6-7-22-16)19(26)25-8-2-3-12(10-25)11-29-15-5-1-4-14-17(15)18(21)24-30(27,28)23-14/h1,4-7,9,12,23,27-28H,2-3,8,10-11H2,(H2,21,24)/t12-/m0/s1. The first-order valence-corrected chi connectivity index (χ1v) is 10.9. The molecule has 0 aliphatic carbocycles. The summed E-state index contributed by atoms with van der Waals surface area (Å²) in [5.74, 6) is -0.379. The van der Waals surface area contributed by atoms with E-state index in [1.165, 1.54) is 12.3 Å². The van der Waals surface area contributed by atoms with Gasteiger partial charge in [-0.15, -0.1) is 4.40 Å². The third-order valence-corrected chi connectivity index (χ3v) is 5.95. The van der Waals surface area contributed by atoms with Gasteiger partial charge in [-0.05, 0) is 42.0 Å². The second kappa shape index (κ2) is 8.09. The van der Waals surface area contributed by atoms with Crippen molar-refractivity contribution in [2.45, 2.75) is 12.8 Å². The topological polar surface area (TPSA) is 133 Å². The molecule has 4 rings (SSSR count). The molecule has 1 fully saturated rings. The summed E-state index contributed by atoms with van der Waals surface area (Å²) in [6.07, 6.45) is 2.97. The fourth-order valence-electron chi connectivity index (χ4n) is 3.67. The van der Waals surface area contributed by atoms with E-state index >= 15 is 0 Å². The lowest BCUT2D eigenvalue weighted by atomic mass is 9.98. The predicted molar refractivity (Wildman–Crippen MR) is 112 cm³/mol. The maximum Gasteiger partial charge on any atom is 0.254 e. The Morgan fingerprint density at radius 2 is 2.23 bits per heavy atom. The average Bonchev–Trinajstić information content (AvgIpc) is 2.70. The van der Waals surface area contributed by atoms with Crippen molar-refractivity contribution in [2.75, 3.05) is 24.4 Å². The van der Waals surface area contributed by atoms with Crippen LogP contribution in [0.25, 0.3) is 0 Å². The largest absolute Gasteiger partial charge is 0.492 e. The number of aromatic nitrogens is 1. The number of carbonyl (C=O) groups is 1. The molecular formula is C19H22FN5O4S. The van der Waals surface area contributed by atoms with Gasteiger partial charge in [-0.3, -0.25) is 18.6 Å². The van der Waals surface area contributed by atoms with E-state index in [0.717, 1.165) is 18.9 Å². The number of piperidine rings is 1. The first-order chi connectivity index (χ1) is 14.3. The van der Waals surface area contributed by atoms with Crippen molar-refractivity contribution >= 4 is 28.4 Å². The third-order valence-electron chi connectivity index (χ3n) is 5.01. The molecule has 0 spiro atoms. The maximum atomic E-state index is 13.3. The van der Waals surface area contributed by atoms with E-state index in [-0.39, 0.29) is 23.2 Å². The molecule has 1 saturated heterocycles. The molecule has 1 aromatic carbocycles. The molecule has 160 valence electrons. The molecule has 0 saturated carbocycles. The molecule has 2 aliphatic heterocycles. The van der Waals surface area contributed by atoms with E-state index < -0.39 is 16.9 Å². The number of pyridine rings is 1. The van der Waals surface area contributed by atoms with Crippen LogP contribution in [0.15, 0.2) is 40.9 Å². The highest BCUT2D eigenvalue weighted by Crippen LogP contribution is 2.46. The van der Waals surface area contributed by atoms with Gasteiger partial charge in [-0.25, -0.2) is 4.98 Å². The Labute approximate surface area is 174 Å². The number of rotatable bonds is 4. The van der Waals surface area contributed by atoms with Crippen LogP contribution in [0.2, 0.25) is 0 Å². The molecule has 2 aromatic rings. The van der Waals surface area contributed by atoms with Crippen molar-refractivity contribution in [3.8, 4) is 5.75 Å². The Hall–Kier alpha value is -2.89. The number of nitrogens with two attached hydrogens (primary N) is 1. The van der Waals surface area contributed by atoms with E-state index in [4.69, 9.17) is 10.5 Å². The van der Waals surface area contributed by atoms with Gasteiger partial charge in [0, 0.05) is 36.8 Å². The molecule has 0 unspecified atom stereocenters. The number of hydrogen-bond acceptors (Lipinski definition) is 8. The van der Waals surface area contributed by atoms with E-state index in [1.54, 1.807) is 23.1 Å². The number of amidine groups is 1. The number of nitrogens with one attached hydrogen (secondary N) is 1. The van der Waals surface area contributed by atoms with Gasteiger partial charge in [0.15, 0.2) is 5.84 Å². The van der Waals surface area contributed by atoms with Gasteiger partial charge in [0.25, 0.3) is 5.91 Å². The second-order valence-electron chi connectivity index (χ2n) is 7.21. The van der Waals surface area contributed by atoms with Crippen molar-refractivity contribution < 1.29 is 23.0 Å². The highest BCUT2D eigenvalue weighted by atomic mass is 32.3. The van der Waals surface area contributed by atoms with Crippen molar-refractivity contribution in [2.24, 2.45) is 16.0 Å². The Morgan fingerprint density at radius 3 is 3.03 bits per heavy atom. The molecule has 1 amide bonds. The van der Waals surface area contributed by atoms with Crippen LogP contribution in [-0.4, -0.2) is 50.4 Å². The van der Waals surface area contributed by atoms with Crippen LogP contribution in [-0.2, 0) is 0 Å². The minimum Gasteiger partial charge on any atom is -0.492 e. The summed E-state index contributed by atoms with van der Waals surface area (Å²) in [6.45, 7) is 1.43. The van der Waals surface area contributed by atoms with Gasteiger partial charge in [0.2, 0.25) is 5.95 Å². The lowest BCUT2D eigenvalue weighted by molar-refractivity contribution is 0.0632. The van der Waals surface area contributed by atoms with Crippen molar-refractivity contribution in [3.63, 3.8) is 0 Å². The summed E-state index contributed by atoms with van der Waals surface area (Å²) in [7, 11) is -3.36. The van der Waals surface area contributed by atoms with Crippen LogP contribution >= 0.6 is 11.0 Å². The molecule has 2 aliphatic rings. The van der Waals surface area contributed by atoms with Crippen LogP contribution in [0.1, 0.15) is 28.8 Å². The summed E-state index contributed by atoms with van der Waals surface area (Å²) in [4.78, 5) is 17.8. The number of nitrogens with zero attached hydrogens (tertiary/aromatic N) is 3. The molecular weight excluding hydrogens is 413 g/mol. The zero-order valence-electron chi connectivity index (χ0n) is 16.0. The first-order valence-electron chi connectivity index (χ1n) is 9.41. The maximum absolute atomic E-state index is 13.3. The predicted octanol–water partition coefficient (Wildman–Crippen LogP) is 2.86. The summed E-state index contributed by atoms with van der Waals surface area (Å²) < 4.78 is 45.1. The van der Waals surface area contributed by atoms with Crippen LogP contribution in [0.5, 0.6) is 5.75 Å². The van der Waals surface area contributed by atoms with Crippen molar-refractivity contribution in [1.82, 2.24) is 9.88 Å². The Morgan fingerprint density at radius 1 is 1.40 bits per heavy atom. The summed E-state index contributed by atoms with van der Waals surface area (Å²) in [5, 5.41) is 0. The number of fused-ring (bicyclic) bond motifs is 1. The van der Waals surface area contributed by atoms with E-state index in [2.05, 4.69) is 14.1 Å². The summed E-state index contributed by atoms with van der Waals surface area (Å²) >= 11 is 0. The zero-order chi connectivity index (χ0) is 21.3. The SMILES string of the molecule is NC1=NS(O)(O)Nc2cccc(OC[C@H]3CCCN(C(=O)c4ccnc(F)c4)C3)c21. The number of halogens is 1. The minimum absolute atomic E-state index is 0.0143. The third kappa shape index (κ3) is 4.32. The molecule has 9 nitrogen and oxygen atoms in total. The molecule has 3 heterocycles. The van der Waals surface area contributed by atoms with Crippen molar-refractivity contribution in [1.29, 1.82) is 0 Å². The van der Waals surface area contributed by atoms with Gasteiger partial charge in [0.05, 0.1) is 17.9 Å². The normalized spacial score (nSPS) is 21.1. The van der Waals surface area contributed by atoms with E-state index in [0.29, 0.717) is 36.7 Å². The number of anilines is 1. The smallest absolute Gasteiger partial charge is 0.254 e. The number of ether oxygens (including phenoxy) is 1. The van der Waals surface area contributed by atoms with Crippen LogP contribution in [0, 0.1) is 11.9 Å². The average molecular weight is 435 g/mol. The highest BCUT2D eigenvalue weighted by molar-refractivity contribution is 8.24. The molecule has 1 aromatic heterocycles. The van der Waals surface area contributed by atoms with Crippen LogP contribution in [0.3, 0.4) is 0 Å². The van der Waals surface area contributed by atoms with Gasteiger partial charge < -0.3 is 15.4 Å². The lowest BCUT2D eigenvalue weighted by Gasteiger charge is -2.34. The fraction of sp³-hybridized carbons (Fsp3) is 0.316. The number of carbonyl (C=O) groups excluding carboxylic acids is 1. The second-order valence-corrected chi connectivity index (χ2v) is 8.64. The quantitative estimate of drug-likeness (QED) is 0.543. The van der Waals surface area contributed by atoms with Gasteiger partial charge in [-0.2, -0.15) is 4.39 Å². The Kier molecular flexibility index (Phi) is 5.50. The molecule has 11 heteroatoms. The highest BCUT2D eigenvalue weighted by Gasteiger charge is 2.28. The number of likely N-dealkylation sites (tertiary alicyclic amines) is 1. The summed E-state index contributed by atoms with van der Waals surface area (Å²) in [5.41, 5.74) is 7.09. The monoisotopic (exact) mass is 435 g/mol. The van der Waals surface area contributed by atoms with Gasteiger partial charge in [0.1, 0.15) is 5.75 Å². The molecule has 1 atom stereocenters. The van der Waals surface area contributed by atoms with E-state index in [9.17, 15) is 18.3 Å². The molecule has 30 heavy (non-hydrogen) atoms. The number of benzene rings is 1. The Balaban J connectivity index is 1.43. The van der Waals surface area contributed by atoms with E-state index in [1.807, 2.05) is 0 Å². The number of hydrogen-bond donors (Lipinski definition) is 4. The molecule has 5 N–H and O–H groups in total. The Bertz CT molecular complexity index is 1000. The lowest BCUT2D eigenvalue weighted by Crippen LogP contribution is -2.41. The van der Waals surface area contributed by atoms with Gasteiger partial charge >= 0.3 is 0 Å².